The molecule has 1 saturated heterocycles. The van der Waals surface area contributed by atoms with E-state index in [1.807, 2.05) is 0 Å². The van der Waals surface area contributed by atoms with E-state index in [1.165, 1.54) is 12.2 Å². The molecule has 0 spiro atoms. The molecule has 0 amide bonds. The maximum atomic E-state index is 2.16. The first-order valence-corrected chi connectivity index (χ1v) is 9.55. The number of rotatable bonds is 1. The predicted octanol–water partition coefficient (Wildman–Crippen LogP) is 0.463. The van der Waals surface area contributed by atoms with Crippen molar-refractivity contribution in [2.24, 2.45) is 0 Å². The summed E-state index contributed by atoms with van der Waals surface area (Å²) in [5.74, 6) is 1.42. The van der Waals surface area contributed by atoms with Crippen LogP contribution in [-0.2, 0) is 0 Å². The molecule has 0 aliphatic carbocycles. The van der Waals surface area contributed by atoms with Crippen molar-refractivity contribution in [2.75, 3.05) is 5.75 Å². The van der Waals surface area contributed by atoms with Crippen molar-refractivity contribution in [1.29, 1.82) is 0 Å². The van der Waals surface area contributed by atoms with Crippen molar-refractivity contribution in [3.8, 4) is 0 Å². The molecule has 1 heterocycles. The molecular weight excluding hydrogens is 173 g/mol. The molecule has 1 aliphatic rings. The number of hydrogen-bond acceptors (Lipinski definition) is 2. The van der Waals surface area contributed by atoms with Crippen molar-refractivity contribution >= 4 is 37.2 Å². The van der Waals surface area contributed by atoms with Crippen LogP contribution in [0.1, 0.15) is 6.42 Å². The Morgan fingerprint density at radius 3 is 2.50 bits per heavy atom. The molecule has 0 saturated carbocycles. The van der Waals surface area contributed by atoms with Gasteiger partial charge in [0.15, 0.2) is 0 Å². The molecule has 1 rings (SSSR count). The fourth-order valence-electron chi connectivity index (χ4n) is 0.400. The van der Waals surface area contributed by atoms with Crippen LogP contribution in [0.2, 0.25) is 0 Å². The van der Waals surface area contributed by atoms with Crippen molar-refractivity contribution in [3.63, 3.8) is 0 Å². The third-order valence-electron chi connectivity index (χ3n) is 0.920. The Bertz CT molecular complexity index is 41.3. The molecule has 0 aromatic heterocycles. The molecular formula is C3H8GeS2. The summed E-state index contributed by atoms with van der Waals surface area (Å²) in [4.78, 5) is 0. The van der Waals surface area contributed by atoms with E-state index in [9.17, 15) is 0 Å². The summed E-state index contributed by atoms with van der Waals surface area (Å²) < 4.78 is 1.03. The standard InChI is InChI=1S/C3H8GeS2/c4-6-3-1-2-5-3/h3H,1-2H2,4H3. The Balaban J connectivity index is 2.01. The minimum absolute atomic E-state index is 1.03. The predicted molar refractivity (Wildman–Crippen MR) is 38.4 cm³/mol. The van der Waals surface area contributed by atoms with Gasteiger partial charge in [0.2, 0.25) is 0 Å². The van der Waals surface area contributed by atoms with Crippen molar-refractivity contribution in [1.82, 2.24) is 0 Å². The monoisotopic (exact) mass is 182 g/mol. The zero-order chi connectivity index (χ0) is 4.41. The second kappa shape index (κ2) is 2.53. The van der Waals surface area contributed by atoms with Crippen LogP contribution >= 0.6 is 21.8 Å². The van der Waals surface area contributed by atoms with Crippen LogP contribution in [0.3, 0.4) is 0 Å². The minimum atomic E-state index is 1.03. The first-order valence-electron chi connectivity index (χ1n) is 2.08. The van der Waals surface area contributed by atoms with Crippen molar-refractivity contribution < 1.29 is 0 Å². The van der Waals surface area contributed by atoms with Crippen LogP contribution in [0.4, 0.5) is 0 Å². The maximum absolute atomic E-state index is 2.16. The summed E-state index contributed by atoms with van der Waals surface area (Å²) in [5, 5.41) is 0. The molecule has 1 atom stereocenters. The average Bonchev–Trinajstić information content (AvgIpc) is 1.31. The summed E-state index contributed by atoms with van der Waals surface area (Å²) in [6, 6.07) is 0. The molecule has 3 heteroatoms. The van der Waals surface area contributed by atoms with E-state index in [-0.39, 0.29) is 0 Å². The van der Waals surface area contributed by atoms with Gasteiger partial charge in [-0.25, -0.2) is 0 Å². The number of hydrogen-bond donors (Lipinski definition) is 0. The molecule has 0 radical (unpaired) electrons. The third-order valence-corrected chi connectivity index (χ3v) is 9.48. The first kappa shape index (κ1) is 5.38. The molecule has 0 aromatic rings. The Labute approximate surface area is 54.1 Å². The molecule has 1 fully saturated rings. The summed E-state index contributed by atoms with van der Waals surface area (Å²) in [5.41, 5.74) is 0. The first-order chi connectivity index (χ1) is 2.93. The van der Waals surface area contributed by atoms with Gasteiger partial charge in [-0.1, -0.05) is 0 Å². The molecule has 0 aromatic carbocycles. The fourth-order valence-corrected chi connectivity index (χ4v) is 6.24. The number of thioether (sulfide) groups is 1. The van der Waals surface area contributed by atoms with Crippen LogP contribution in [0.15, 0.2) is 0 Å². The van der Waals surface area contributed by atoms with Gasteiger partial charge < -0.3 is 0 Å². The van der Waals surface area contributed by atoms with Gasteiger partial charge in [0.25, 0.3) is 0 Å². The molecule has 0 nitrogen and oxygen atoms in total. The summed E-state index contributed by atoms with van der Waals surface area (Å²) in [6.07, 6.45) is 1.48. The Morgan fingerprint density at radius 1 is 1.83 bits per heavy atom. The van der Waals surface area contributed by atoms with Crippen molar-refractivity contribution in [3.05, 3.63) is 0 Å². The summed E-state index contributed by atoms with van der Waals surface area (Å²) in [6.45, 7) is 0. The van der Waals surface area contributed by atoms with Gasteiger partial charge in [0.05, 0.1) is 0 Å². The van der Waals surface area contributed by atoms with Gasteiger partial charge in [-0.3, -0.25) is 0 Å². The van der Waals surface area contributed by atoms with E-state index < -0.39 is 0 Å². The molecule has 1 aliphatic heterocycles. The fraction of sp³-hybridized carbons (Fsp3) is 1.00. The second-order valence-electron chi connectivity index (χ2n) is 1.32. The van der Waals surface area contributed by atoms with Crippen LogP contribution < -0.4 is 0 Å². The Hall–Kier alpha value is 1.24. The van der Waals surface area contributed by atoms with E-state index in [1.54, 1.807) is 0 Å². The van der Waals surface area contributed by atoms with Gasteiger partial charge in [0.1, 0.15) is 0 Å². The Morgan fingerprint density at radius 2 is 2.50 bits per heavy atom. The third kappa shape index (κ3) is 1.10. The van der Waals surface area contributed by atoms with E-state index in [2.05, 4.69) is 21.8 Å². The summed E-state index contributed by atoms with van der Waals surface area (Å²) >= 11 is 3.15. The summed E-state index contributed by atoms with van der Waals surface area (Å²) in [7, 11) is 2.16. The van der Waals surface area contributed by atoms with E-state index in [0.717, 1.165) is 20.0 Å². The van der Waals surface area contributed by atoms with Gasteiger partial charge in [-0.15, -0.1) is 0 Å². The molecule has 0 bridgehead atoms. The second-order valence-corrected chi connectivity index (χ2v) is 6.94. The normalized spacial score (nSPS) is 33.0. The SMILES string of the molecule is [GeH3][S]C1CCS1. The zero-order valence-corrected chi connectivity index (χ0v) is 9.64. The quantitative estimate of drug-likeness (QED) is 0.539. The van der Waals surface area contributed by atoms with Crippen LogP contribution in [0, 0.1) is 0 Å². The average molecular weight is 181 g/mol. The molecule has 1 unspecified atom stereocenters. The van der Waals surface area contributed by atoms with Crippen LogP contribution in [0.25, 0.3) is 0 Å². The molecule has 36 valence electrons. The zero-order valence-electron chi connectivity index (χ0n) is 3.81. The van der Waals surface area contributed by atoms with Crippen LogP contribution in [-0.4, -0.2) is 25.7 Å². The van der Waals surface area contributed by atoms with Gasteiger partial charge in [0, 0.05) is 0 Å². The van der Waals surface area contributed by atoms with Gasteiger partial charge in [-0.2, -0.15) is 0 Å². The van der Waals surface area contributed by atoms with Gasteiger partial charge in [-0.05, 0) is 0 Å². The topological polar surface area (TPSA) is 0 Å². The van der Waals surface area contributed by atoms with Gasteiger partial charge >= 0.3 is 54.0 Å². The van der Waals surface area contributed by atoms with Crippen LogP contribution in [0.5, 0.6) is 0 Å². The van der Waals surface area contributed by atoms with Crippen molar-refractivity contribution in [2.45, 2.75) is 11.0 Å². The Kier molecular flexibility index (Phi) is 2.27. The van der Waals surface area contributed by atoms with E-state index in [4.69, 9.17) is 0 Å². The molecule has 6 heavy (non-hydrogen) atoms. The molecule has 0 N–H and O–H groups in total. The van der Waals surface area contributed by atoms with E-state index in [0.29, 0.717) is 0 Å². The van der Waals surface area contributed by atoms with E-state index >= 15 is 0 Å².